The molecule has 3 aliphatic rings. The number of rotatable bonds is 7. The van der Waals surface area contributed by atoms with E-state index >= 15 is 0 Å². The van der Waals surface area contributed by atoms with Crippen LogP contribution in [0.2, 0.25) is 0 Å². The summed E-state index contributed by atoms with van der Waals surface area (Å²) in [5, 5.41) is 19.7. The summed E-state index contributed by atoms with van der Waals surface area (Å²) in [5.41, 5.74) is 8.69. The number of amides is 2. The molecule has 0 radical (unpaired) electrons. The SMILES string of the molecule is CO/N=C(\C(=O)N[C@@H]1C(=O)N2C(C(=O)[O-])=C(C[n+]3cccc4c3CCC4)CS[C@H]12)c1csc(N)n1.O=S(=O)(O)O. The van der Waals surface area contributed by atoms with Crippen LogP contribution >= 0.6 is 23.1 Å². The highest BCUT2D eigenvalue weighted by Gasteiger charge is 2.53. The molecule has 40 heavy (non-hydrogen) atoms. The van der Waals surface area contributed by atoms with Crippen molar-refractivity contribution in [3.63, 3.8) is 0 Å². The Kier molecular flexibility index (Phi) is 8.74. The molecular weight excluding hydrogens is 588 g/mol. The highest BCUT2D eigenvalue weighted by molar-refractivity contribution is 8.00. The van der Waals surface area contributed by atoms with Gasteiger partial charge in [-0.05, 0) is 18.9 Å². The van der Waals surface area contributed by atoms with Crippen LogP contribution in [0.1, 0.15) is 23.4 Å². The van der Waals surface area contributed by atoms with Gasteiger partial charge in [0.2, 0.25) is 0 Å². The number of aromatic nitrogens is 2. The minimum absolute atomic E-state index is 0.120. The smallest absolute Gasteiger partial charge is 0.394 e. The van der Waals surface area contributed by atoms with Crippen LogP contribution in [0.5, 0.6) is 0 Å². The van der Waals surface area contributed by atoms with E-state index in [1.165, 1.54) is 35.0 Å². The standard InChI is InChI=1S/C22H22N6O5S2.H2O4S/c1-33-26-15(13-10-35-22(23)24-13)18(29)25-16-19(30)28-17(21(31)32)12(9-34-20(16)28)8-27-7-3-5-11-4-2-6-14(11)27;1-5(2,3)4/h3,5,7,10,16,20H,2,4,6,8-9H2,1H3,(H3-,23,24,25,29,31,32);(H2,1,2,3,4)/b26-15-;/t16-,20-;/m1./s1. The molecule has 2 aliphatic heterocycles. The third-order valence-electron chi connectivity index (χ3n) is 6.19. The fourth-order valence-electron chi connectivity index (χ4n) is 4.66. The maximum Gasteiger partial charge on any atom is 0.394 e. The van der Waals surface area contributed by atoms with Crippen LogP contribution in [0.25, 0.3) is 0 Å². The van der Waals surface area contributed by atoms with Crippen molar-refractivity contribution >= 4 is 62.1 Å². The Morgan fingerprint density at radius 1 is 1.38 bits per heavy atom. The zero-order chi connectivity index (χ0) is 29.2. The number of hydrogen-bond acceptors (Lipinski definition) is 12. The molecule has 2 amide bonds. The third-order valence-corrected chi connectivity index (χ3v) is 8.20. The number of fused-ring (bicyclic) bond motifs is 2. The number of β-lactam (4-membered cyclic amide) rings is 1. The number of carbonyl (C=O) groups is 3. The Morgan fingerprint density at radius 3 is 2.73 bits per heavy atom. The summed E-state index contributed by atoms with van der Waals surface area (Å²) in [6.07, 6.45) is 4.94. The molecular formula is C22H24N6O9S3. The average Bonchev–Trinajstić information content (AvgIpc) is 3.53. The maximum atomic E-state index is 13.0. The minimum Gasteiger partial charge on any atom is -0.543 e. The topological polar surface area (TPSA) is 229 Å². The number of anilines is 1. The van der Waals surface area contributed by atoms with E-state index in [-0.39, 0.29) is 22.2 Å². The Hall–Kier alpha value is -3.58. The maximum absolute atomic E-state index is 13.0. The van der Waals surface area contributed by atoms with E-state index in [4.69, 9.17) is 28.1 Å². The van der Waals surface area contributed by atoms with E-state index in [2.05, 4.69) is 26.1 Å². The van der Waals surface area contributed by atoms with Crippen LogP contribution in [0, 0.1) is 0 Å². The number of thioether (sulfide) groups is 1. The lowest BCUT2D eigenvalue weighted by molar-refractivity contribution is -0.696. The van der Waals surface area contributed by atoms with Gasteiger partial charge in [-0.1, -0.05) is 5.16 Å². The van der Waals surface area contributed by atoms with Gasteiger partial charge in [0.25, 0.3) is 11.8 Å². The van der Waals surface area contributed by atoms with Gasteiger partial charge in [-0.25, -0.2) is 4.98 Å². The molecule has 0 saturated carbocycles. The van der Waals surface area contributed by atoms with Crippen molar-refractivity contribution in [2.45, 2.75) is 37.2 Å². The molecule has 2 aromatic heterocycles. The summed E-state index contributed by atoms with van der Waals surface area (Å²) < 4.78 is 33.6. The summed E-state index contributed by atoms with van der Waals surface area (Å²) in [4.78, 5) is 48.0. The molecule has 18 heteroatoms. The lowest BCUT2D eigenvalue weighted by atomic mass is 10.0. The number of nitrogens with one attached hydrogen (secondary N) is 1. The Morgan fingerprint density at radius 2 is 2.10 bits per heavy atom. The Labute approximate surface area is 236 Å². The molecule has 0 unspecified atom stereocenters. The fraction of sp³-hybridized carbons (Fsp3) is 0.364. The molecule has 1 saturated heterocycles. The molecule has 1 aliphatic carbocycles. The summed E-state index contributed by atoms with van der Waals surface area (Å²) in [6.45, 7) is 0.364. The van der Waals surface area contributed by atoms with Gasteiger partial charge in [0, 0.05) is 34.8 Å². The van der Waals surface area contributed by atoms with Gasteiger partial charge in [0.15, 0.2) is 29.3 Å². The van der Waals surface area contributed by atoms with E-state index in [1.807, 2.05) is 12.3 Å². The van der Waals surface area contributed by atoms with Gasteiger partial charge in [-0.2, -0.15) is 13.0 Å². The molecule has 2 aromatic rings. The largest absolute Gasteiger partial charge is 0.543 e. The number of aliphatic carboxylic acids is 1. The molecule has 1 fully saturated rings. The lowest BCUT2D eigenvalue weighted by Crippen LogP contribution is -2.71. The highest BCUT2D eigenvalue weighted by Crippen LogP contribution is 2.40. The molecule has 5 N–H and O–H groups in total. The Balaban J connectivity index is 0.000000681. The lowest BCUT2D eigenvalue weighted by Gasteiger charge is -2.50. The summed E-state index contributed by atoms with van der Waals surface area (Å²) in [5.74, 6) is -2.21. The van der Waals surface area contributed by atoms with Crippen molar-refractivity contribution in [2.24, 2.45) is 5.16 Å². The molecule has 0 spiro atoms. The molecule has 15 nitrogen and oxygen atoms in total. The fourth-order valence-corrected chi connectivity index (χ4v) is 6.54. The van der Waals surface area contributed by atoms with Crippen LogP contribution in [0.3, 0.4) is 0 Å². The van der Waals surface area contributed by atoms with Crippen molar-refractivity contribution in [3.05, 3.63) is 51.9 Å². The van der Waals surface area contributed by atoms with Crippen LogP contribution < -0.4 is 20.7 Å². The molecule has 2 atom stereocenters. The number of oxime groups is 1. The number of carbonyl (C=O) groups excluding carboxylic acids is 3. The van der Waals surface area contributed by atoms with Crippen molar-refractivity contribution in [1.29, 1.82) is 0 Å². The highest BCUT2D eigenvalue weighted by atomic mass is 32.3. The number of hydrogen-bond donors (Lipinski definition) is 4. The molecule has 0 bridgehead atoms. The van der Waals surface area contributed by atoms with Crippen molar-refractivity contribution in [1.82, 2.24) is 15.2 Å². The number of nitrogens with zero attached hydrogens (tertiary/aromatic N) is 4. The second-order valence-electron chi connectivity index (χ2n) is 8.70. The first-order chi connectivity index (χ1) is 18.9. The van der Waals surface area contributed by atoms with E-state index in [1.54, 1.807) is 5.38 Å². The number of carboxylic acid groups (broad SMARTS) is 1. The summed E-state index contributed by atoms with van der Waals surface area (Å²) in [7, 11) is -3.38. The van der Waals surface area contributed by atoms with Gasteiger partial charge in [-0.3, -0.25) is 23.6 Å². The molecule has 0 aromatic carbocycles. The number of aryl methyl sites for hydroxylation is 1. The van der Waals surface area contributed by atoms with Crippen LogP contribution in [-0.2, 0) is 49.0 Å². The van der Waals surface area contributed by atoms with E-state index in [9.17, 15) is 19.5 Å². The average molecular weight is 613 g/mol. The normalized spacial score (nSPS) is 20.1. The summed E-state index contributed by atoms with van der Waals surface area (Å²) >= 11 is 2.53. The minimum atomic E-state index is -4.67. The quantitative estimate of drug-likeness (QED) is 0.0902. The van der Waals surface area contributed by atoms with Gasteiger partial charge in [0.1, 0.15) is 24.2 Å². The first-order valence-corrected chi connectivity index (χ1v) is 14.9. The number of carboxylic acids is 1. The third kappa shape index (κ3) is 6.41. The second-order valence-corrected chi connectivity index (χ2v) is 11.6. The monoisotopic (exact) mass is 612 g/mol. The van der Waals surface area contributed by atoms with Gasteiger partial charge in [-0.15, -0.1) is 23.1 Å². The second kappa shape index (κ2) is 11.9. The van der Waals surface area contributed by atoms with Gasteiger partial charge < -0.3 is 25.8 Å². The van der Waals surface area contributed by atoms with E-state index < -0.39 is 39.6 Å². The van der Waals surface area contributed by atoms with Crippen LogP contribution in [0.15, 0.2) is 40.1 Å². The van der Waals surface area contributed by atoms with Crippen molar-refractivity contribution in [2.75, 3.05) is 18.6 Å². The number of thiazole rings is 1. The van der Waals surface area contributed by atoms with Crippen molar-refractivity contribution in [3.8, 4) is 0 Å². The van der Waals surface area contributed by atoms with E-state index in [0.717, 1.165) is 30.6 Å². The van der Waals surface area contributed by atoms with Gasteiger partial charge >= 0.3 is 10.4 Å². The summed E-state index contributed by atoms with van der Waals surface area (Å²) in [6, 6.07) is 3.12. The van der Waals surface area contributed by atoms with E-state index in [0.29, 0.717) is 17.9 Å². The molecule has 5 rings (SSSR count). The predicted octanol–water partition coefficient (Wildman–Crippen LogP) is -1.70. The number of nitrogen functional groups attached to an aromatic ring is 1. The zero-order valence-electron chi connectivity index (χ0n) is 20.8. The first-order valence-electron chi connectivity index (χ1n) is 11.6. The van der Waals surface area contributed by atoms with Gasteiger partial charge in [0.05, 0.1) is 11.7 Å². The van der Waals surface area contributed by atoms with Crippen LogP contribution in [0.4, 0.5) is 5.13 Å². The number of nitrogens with two attached hydrogens (primary N) is 1. The molecule has 4 heterocycles. The Bertz CT molecular complexity index is 1510. The zero-order valence-corrected chi connectivity index (χ0v) is 23.3. The molecule has 214 valence electrons. The van der Waals surface area contributed by atoms with Crippen molar-refractivity contribution < 1.29 is 46.4 Å². The predicted molar refractivity (Wildman–Crippen MR) is 140 cm³/mol. The first kappa shape index (κ1) is 29.4. The van der Waals surface area contributed by atoms with Crippen LogP contribution in [-0.4, -0.2) is 75.2 Å². The number of pyridine rings is 1.